The maximum absolute atomic E-state index is 9.02. The zero-order chi connectivity index (χ0) is 13.5. The van der Waals surface area contributed by atoms with E-state index in [4.69, 9.17) is 16.9 Å². The molecule has 1 aromatic rings. The summed E-state index contributed by atoms with van der Waals surface area (Å²) in [5, 5.41) is 16.3. The zero-order valence-corrected chi connectivity index (χ0v) is 11.7. The lowest BCUT2D eigenvalue weighted by molar-refractivity contribution is 0.240. The molecule has 5 heteroatoms. The standard InChI is InChI=1S/C14H19ClN4/c15-13-3-2-12(11-16)14(10-13)18-4-1-7-19-8-5-17-6-9-19/h2-3,10,17-18H,1,4-9H2. The highest BCUT2D eigenvalue weighted by atomic mass is 35.5. The molecule has 0 saturated carbocycles. The van der Waals surface area contributed by atoms with Gasteiger partial charge in [0.1, 0.15) is 6.07 Å². The van der Waals surface area contributed by atoms with Crippen molar-refractivity contribution in [3.63, 3.8) is 0 Å². The molecule has 0 amide bonds. The largest absolute Gasteiger partial charge is 0.384 e. The molecule has 2 N–H and O–H groups in total. The van der Waals surface area contributed by atoms with Crippen LogP contribution in [0.3, 0.4) is 0 Å². The van der Waals surface area contributed by atoms with E-state index in [0.29, 0.717) is 10.6 Å². The summed E-state index contributed by atoms with van der Waals surface area (Å²) in [6, 6.07) is 7.48. The fourth-order valence-corrected chi connectivity index (χ4v) is 2.39. The summed E-state index contributed by atoms with van der Waals surface area (Å²) in [5.41, 5.74) is 1.47. The summed E-state index contributed by atoms with van der Waals surface area (Å²) in [5.74, 6) is 0. The minimum absolute atomic E-state index is 0.645. The molecule has 0 aromatic heterocycles. The van der Waals surface area contributed by atoms with Gasteiger partial charge in [0.25, 0.3) is 0 Å². The first kappa shape index (κ1) is 14.1. The van der Waals surface area contributed by atoms with Crippen LogP contribution in [0.5, 0.6) is 0 Å². The Bertz CT molecular complexity index is 449. The van der Waals surface area contributed by atoms with E-state index in [0.717, 1.165) is 51.4 Å². The van der Waals surface area contributed by atoms with Gasteiger partial charge in [-0.3, -0.25) is 0 Å². The van der Waals surface area contributed by atoms with Crippen molar-refractivity contribution in [2.45, 2.75) is 6.42 Å². The first-order chi connectivity index (χ1) is 9.29. The molecule has 1 fully saturated rings. The first-order valence-corrected chi connectivity index (χ1v) is 7.04. The van der Waals surface area contributed by atoms with Crippen LogP contribution in [-0.4, -0.2) is 44.2 Å². The molecule has 0 aliphatic carbocycles. The van der Waals surface area contributed by atoms with Crippen LogP contribution in [0.15, 0.2) is 18.2 Å². The average Bonchev–Trinajstić information content (AvgIpc) is 2.45. The highest BCUT2D eigenvalue weighted by Crippen LogP contribution is 2.20. The molecule has 1 heterocycles. The Morgan fingerprint density at radius 3 is 2.89 bits per heavy atom. The molecule has 0 bridgehead atoms. The number of hydrogen-bond donors (Lipinski definition) is 2. The molecular weight excluding hydrogens is 260 g/mol. The van der Waals surface area contributed by atoms with Crippen molar-refractivity contribution >= 4 is 17.3 Å². The van der Waals surface area contributed by atoms with Gasteiger partial charge in [-0.15, -0.1) is 0 Å². The predicted molar refractivity (Wildman–Crippen MR) is 78.6 cm³/mol. The number of hydrogen-bond acceptors (Lipinski definition) is 4. The van der Waals surface area contributed by atoms with Crippen LogP contribution in [0.4, 0.5) is 5.69 Å². The molecule has 0 radical (unpaired) electrons. The van der Waals surface area contributed by atoms with Crippen LogP contribution in [0.25, 0.3) is 0 Å². The maximum atomic E-state index is 9.02. The van der Waals surface area contributed by atoms with E-state index in [1.165, 1.54) is 0 Å². The van der Waals surface area contributed by atoms with Gasteiger partial charge in [0.05, 0.1) is 11.3 Å². The fourth-order valence-electron chi connectivity index (χ4n) is 2.22. The fraction of sp³-hybridized carbons (Fsp3) is 0.500. The number of benzene rings is 1. The molecular formula is C14H19ClN4. The third kappa shape index (κ3) is 4.39. The predicted octanol–water partition coefficient (Wildman–Crippen LogP) is 1.92. The van der Waals surface area contributed by atoms with E-state index < -0.39 is 0 Å². The number of nitrogens with one attached hydrogen (secondary N) is 2. The van der Waals surface area contributed by atoms with Crippen molar-refractivity contribution in [2.24, 2.45) is 0 Å². The summed E-state index contributed by atoms with van der Waals surface area (Å²) in [4.78, 5) is 2.46. The number of halogens is 1. The quantitative estimate of drug-likeness (QED) is 0.808. The first-order valence-electron chi connectivity index (χ1n) is 6.66. The molecule has 1 aromatic carbocycles. The Labute approximate surface area is 119 Å². The van der Waals surface area contributed by atoms with Gasteiger partial charge in [-0.1, -0.05) is 11.6 Å². The summed E-state index contributed by atoms with van der Waals surface area (Å²) in [6.45, 7) is 6.37. The SMILES string of the molecule is N#Cc1ccc(Cl)cc1NCCCN1CCNCC1. The van der Waals surface area contributed by atoms with E-state index in [1.54, 1.807) is 12.1 Å². The second-order valence-electron chi connectivity index (χ2n) is 4.67. The highest BCUT2D eigenvalue weighted by molar-refractivity contribution is 6.30. The molecule has 0 atom stereocenters. The third-order valence-corrected chi connectivity index (χ3v) is 3.51. The van der Waals surface area contributed by atoms with Gasteiger partial charge in [0.2, 0.25) is 0 Å². The van der Waals surface area contributed by atoms with E-state index in [2.05, 4.69) is 21.6 Å². The summed E-state index contributed by atoms with van der Waals surface area (Å²) in [7, 11) is 0. The molecule has 1 aliphatic heterocycles. The number of piperazine rings is 1. The summed E-state index contributed by atoms with van der Waals surface area (Å²) >= 11 is 5.94. The van der Waals surface area contributed by atoms with Gasteiger partial charge < -0.3 is 15.5 Å². The molecule has 0 spiro atoms. The molecule has 2 rings (SSSR count). The van der Waals surface area contributed by atoms with E-state index in [-0.39, 0.29) is 0 Å². The van der Waals surface area contributed by atoms with E-state index >= 15 is 0 Å². The van der Waals surface area contributed by atoms with Gasteiger partial charge in [-0.25, -0.2) is 0 Å². The van der Waals surface area contributed by atoms with E-state index in [1.807, 2.05) is 6.07 Å². The van der Waals surface area contributed by atoms with Crippen LogP contribution in [-0.2, 0) is 0 Å². The Morgan fingerprint density at radius 2 is 2.16 bits per heavy atom. The number of nitriles is 1. The zero-order valence-electron chi connectivity index (χ0n) is 11.0. The number of nitrogens with zero attached hydrogens (tertiary/aromatic N) is 2. The normalized spacial score (nSPS) is 16.0. The lowest BCUT2D eigenvalue weighted by atomic mass is 10.2. The molecule has 1 saturated heterocycles. The van der Waals surface area contributed by atoms with Crippen LogP contribution in [0.1, 0.15) is 12.0 Å². The van der Waals surface area contributed by atoms with Crippen molar-refractivity contribution in [1.82, 2.24) is 10.2 Å². The minimum Gasteiger partial charge on any atom is -0.384 e. The second kappa shape index (κ2) is 7.34. The molecule has 0 unspecified atom stereocenters. The van der Waals surface area contributed by atoms with Crippen molar-refractivity contribution in [2.75, 3.05) is 44.6 Å². The Hall–Kier alpha value is -1.28. The topological polar surface area (TPSA) is 51.1 Å². The minimum atomic E-state index is 0.645. The Morgan fingerprint density at radius 1 is 1.37 bits per heavy atom. The third-order valence-electron chi connectivity index (χ3n) is 3.28. The van der Waals surface area contributed by atoms with Gasteiger partial charge in [0, 0.05) is 37.7 Å². The summed E-state index contributed by atoms with van der Waals surface area (Å²) in [6.07, 6.45) is 1.07. The molecule has 1 aliphatic rings. The van der Waals surface area contributed by atoms with Crippen molar-refractivity contribution < 1.29 is 0 Å². The molecule has 4 nitrogen and oxygen atoms in total. The van der Waals surface area contributed by atoms with Crippen molar-refractivity contribution in [1.29, 1.82) is 5.26 Å². The van der Waals surface area contributed by atoms with Crippen LogP contribution in [0, 0.1) is 11.3 Å². The van der Waals surface area contributed by atoms with Crippen LogP contribution >= 0.6 is 11.6 Å². The lowest BCUT2D eigenvalue weighted by Crippen LogP contribution is -2.44. The van der Waals surface area contributed by atoms with Crippen molar-refractivity contribution in [3.05, 3.63) is 28.8 Å². The molecule has 19 heavy (non-hydrogen) atoms. The lowest BCUT2D eigenvalue weighted by Gasteiger charge is -2.27. The summed E-state index contributed by atoms with van der Waals surface area (Å²) < 4.78 is 0. The van der Waals surface area contributed by atoms with Gasteiger partial charge in [0.15, 0.2) is 0 Å². The number of anilines is 1. The van der Waals surface area contributed by atoms with Gasteiger partial charge in [-0.05, 0) is 31.2 Å². The Balaban J connectivity index is 1.76. The van der Waals surface area contributed by atoms with E-state index in [9.17, 15) is 0 Å². The van der Waals surface area contributed by atoms with Crippen molar-refractivity contribution in [3.8, 4) is 6.07 Å². The van der Waals surface area contributed by atoms with Gasteiger partial charge >= 0.3 is 0 Å². The maximum Gasteiger partial charge on any atom is 0.101 e. The Kier molecular flexibility index (Phi) is 5.46. The smallest absolute Gasteiger partial charge is 0.101 e. The molecule has 102 valence electrons. The number of rotatable bonds is 5. The van der Waals surface area contributed by atoms with Crippen LogP contribution < -0.4 is 10.6 Å². The average molecular weight is 279 g/mol. The van der Waals surface area contributed by atoms with Gasteiger partial charge in [-0.2, -0.15) is 5.26 Å². The van der Waals surface area contributed by atoms with Crippen LogP contribution in [0.2, 0.25) is 5.02 Å². The highest BCUT2D eigenvalue weighted by Gasteiger charge is 2.08. The monoisotopic (exact) mass is 278 g/mol. The second-order valence-corrected chi connectivity index (χ2v) is 5.11.